The number of halogens is 3. The van der Waals surface area contributed by atoms with Crippen molar-refractivity contribution in [1.82, 2.24) is 10.3 Å². The lowest BCUT2D eigenvalue weighted by molar-refractivity contribution is 0.0941. The topological polar surface area (TPSA) is 115 Å². The molecule has 0 radical (unpaired) electrons. The largest absolute Gasteiger partial charge is 0.611 e. The van der Waals surface area contributed by atoms with Gasteiger partial charge in [-0.1, -0.05) is 42.5 Å². The molecule has 3 aromatic carbocycles. The Morgan fingerprint density at radius 2 is 1.71 bits per heavy atom. The van der Waals surface area contributed by atoms with E-state index in [1.54, 1.807) is 54.6 Å². The Bertz CT molecular complexity index is 1680. The molecule has 12 heteroatoms. The molecule has 1 aliphatic heterocycles. The molecule has 0 bridgehead atoms. The van der Waals surface area contributed by atoms with Gasteiger partial charge in [0.15, 0.2) is 16.3 Å². The number of H-pyrrole nitrogens is 1. The number of anilines is 1. The summed E-state index contributed by atoms with van der Waals surface area (Å²) >= 11 is -1.32. The summed E-state index contributed by atoms with van der Waals surface area (Å²) in [6.45, 7) is -0.556. The molecule has 1 unspecified atom stereocenters. The maximum Gasteiger partial charge on any atom is 0.278 e. The van der Waals surface area contributed by atoms with Crippen LogP contribution in [0.1, 0.15) is 38.4 Å². The molecule has 5 rings (SSSR count). The van der Waals surface area contributed by atoms with Crippen LogP contribution in [-0.4, -0.2) is 33.6 Å². The maximum atomic E-state index is 14.1. The number of amides is 2. The van der Waals surface area contributed by atoms with E-state index in [9.17, 15) is 32.1 Å². The minimum atomic E-state index is -1.32. The number of carbonyl (C=O) groups is 2. The van der Waals surface area contributed by atoms with E-state index in [1.807, 2.05) is 0 Å². The number of fused-ring (bicyclic) bond motifs is 1. The second-order valence-electron chi connectivity index (χ2n) is 9.37. The fourth-order valence-corrected chi connectivity index (χ4v) is 5.77. The van der Waals surface area contributed by atoms with Crippen molar-refractivity contribution in [2.45, 2.75) is 24.5 Å². The van der Waals surface area contributed by atoms with Gasteiger partial charge in [0.05, 0.1) is 5.69 Å². The predicted molar refractivity (Wildman–Crippen MR) is 149 cm³/mol. The number of nitrogens with one attached hydrogen (secondary N) is 2. The minimum absolute atomic E-state index is 0.109. The third-order valence-electron chi connectivity index (χ3n) is 6.61. The van der Waals surface area contributed by atoms with Gasteiger partial charge in [-0.3, -0.25) is 14.4 Å². The monoisotopic (exact) mass is 595 g/mol. The molecule has 1 aliphatic rings. The van der Waals surface area contributed by atoms with Crippen molar-refractivity contribution in [3.8, 4) is 5.75 Å². The normalized spacial score (nSPS) is 14.6. The van der Waals surface area contributed by atoms with Gasteiger partial charge in [-0.25, -0.2) is 13.2 Å². The van der Waals surface area contributed by atoms with Gasteiger partial charge in [0.25, 0.3) is 11.8 Å². The van der Waals surface area contributed by atoms with E-state index in [4.69, 9.17) is 4.74 Å². The first-order valence-corrected chi connectivity index (χ1v) is 14.2. The van der Waals surface area contributed by atoms with Crippen LogP contribution >= 0.6 is 0 Å². The van der Waals surface area contributed by atoms with Gasteiger partial charge < -0.3 is 24.5 Å². The summed E-state index contributed by atoms with van der Waals surface area (Å²) in [5.41, 5.74) is -1.12. The first-order chi connectivity index (χ1) is 20.2. The van der Waals surface area contributed by atoms with Crippen LogP contribution in [0.3, 0.4) is 0 Å². The fraction of sp³-hybridized carbons (Fsp3) is 0.167. The molecule has 0 aliphatic carbocycles. The summed E-state index contributed by atoms with van der Waals surface area (Å²) in [5, 5.41) is 2.25. The van der Waals surface area contributed by atoms with Crippen LogP contribution in [0.25, 0.3) is 0 Å². The van der Waals surface area contributed by atoms with Gasteiger partial charge in [-0.15, -0.1) is 0 Å². The highest BCUT2D eigenvalue weighted by Crippen LogP contribution is 2.31. The zero-order chi connectivity index (χ0) is 29.8. The van der Waals surface area contributed by atoms with E-state index >= 15 is 0 Å². The molecule has 1 atom stereocenters. The van der Waals surface area contributed by atoms with E-state index in [1.165, 1.54) is 4.90 Å². The average molecular weight is 596 g/mol. The Hall–Kier alpha value is -4.55. The molecule has 42 heavy (non-hydrogen) atoms. The molecule has 0 saturated heterocycles. The number of hydrogen-bond acceptors (Lipinski definition) is 5. The molecular formula is C30H24F3N3O5S. The molecule has 2 heterocycles. The number of rotatable bonds is 7. The second-order valence-corrected chi connectivity index (χ2v) is 10.9. The first kappa shape index (κ1) is 29.0. The highest BCUT2D eigenvalue weighted by molar-refractivity contribution is 7.91. The highest BCUT2D eigenvalue weighted by atomic mass is 32.2. The number of aromatic amines is 1. The fourth-order valence-electron chi connectivity index (χ4n) is 4.51. The summed E-state index contributed by atoms with van der Waals surface area (Å²) in [7, 11) is 0. The maximum absolute atomic E-state index is 14.1. The molecule has 0 saturated carbocycles. The summed E-state index contributed by atoms with van der Waals surface area (Å²) < 4.78 is 59.9. The number of carbonyl (C=O) groups excluding carboxylic acids is 2. The zero-order valence-corrected chi connectivity index (χ0v) is 22.8. The summed E-state index contributed by atoms with van der Waals surface area (Å²) in [4.78, 5) is 45.0. The van der Waals surface area contributed by atoms with Gasteiger partial charge in [0, 0.05) is 43.4 Å². The Morgan fingerprint density at radius 1 is 1.02 bits per heavy atom. The molecule has 4 aromatic rings. The van der Waals surface area contributed by atoms with Crippen molar-refractivity contribution in [3.05, 3.63) is 123 Å². The van der Waals surface area contributed by atoms with Crippen molar-refractivity contribution in [1.29, 1.82) is 0 Å². The predicted octanol–water partition coefficient (Wildman–Crippen LogP) is 4.46. The van der Waals surface area contributed by atoms with Crippen molar-refractivity contribution >= 4 is 28.7 Å². The third-order valence-corrected chi connectivity index (χ3v) is 8.11. The van der Waals surface area contributed by atoms with Crippen LogP contribution in [0.4, 0.5) is 18.9 Å². The lowest BCUT2D eigenvalue weighted by Gasteiger charge is -2.22. The van der Waals surface area contributed by atoms with Gasteiger partial charge in [-0.2, -0.15) is 0 Å². The number of hydrogen-bond donors (Lipinski definition) is 2. The Labute approximate surface area is 241 Å². The van der Waals surface area contributed by atoms with Crippen molar-refractivity contribution in [3.63, 3.8) is 0 Å². The van der Waals surface area contributed by atoms with Crippen molar-refractivity contribution in [2.24, 2.45) is 0 Å². The standard InChI is InChI=1S/C30H24F3N3O5S/c31-19-13-22(32)20(23(33)14-19)15-35-29(38)21-16-34-26(28(27(21)37)41-17-18-7-2-1-3-8-18)30(39)36-11-6-12-42(40)25-10-5-4-9-24(25)36/h1-5,7-10,13-14,16H,6,11-12,15,17H2,(H,34,37)(H,35,38). The van der Waals surface area contributed by atoms with Crippen molar-refractivity contribution < 1.29 is 32.0 Å². The molecule has 2 N–H and O–H groups in total. The number of ether oxygens (including phenoxy) is 1. The summed E-state index contributed by atoms with van der Waals surface area (Å²) in [5.74, 6) is -5.24. The van der Waals surface area contributed by atoms with E-state index in [-0.39, 0.29) is 18.8 Å². The van der Waals surface area contributed by atoms with Crippen LogP contribution in [0.5, 0.6) is 5.75 Å². The number of para-hydroxylation sites is 1. The number of pyridine rings is 1. The Morgan fingerprint density at radius 3 is 2.45 bits per heavy atom. The molecule has 1 aromatic heterocycles. The van der Waals surface area contributed by atoms with E-state index in [2.05, 4.69) is 10.3 Å². The van der Waals surface area contributed by atoms with Gasteiger partial charge >= 0.3 is 0 Å². The second kappa shape index (κ2) is 12.5. The van der Waals surface area contributed by atoms with Crippen LogP contribution in [-0.2, 0) is 24.3 Å². The zero-order valence-electron chi connectivity index (χ0n) is 22.0. The summed E-state index contributed by atoms with van der Waals surface area (Å²) in [6, 6.07) is 16.5. The molecule has 0 spiro atoms. The number of aromatic nitrogens is 1. The minimum Gasteiger partial charge on any atom is -0.611 e. The van der Waals surface area contributed by atoms with Crippen LogP contribution < -0.4 is 20.4 Å². The first-order valence-electron chi connectivity index (χ1n) is 12.9. The molecular weight excluding hydrogens is 571 g/mol. The highest BCUT2D eigenvalue weighted by Gasteiger charge is 2.32. The number of nitrogens with zero attached hydrogens (tertiary/aromatic N) is 1. The smallest absolute Gasteiger partial charge is 0.278 e. The molecule has 2 amide bonds. The lowest BCUT2D eigenvalue weighted by Crippen LogP contribution is -2.35. The number of benzene rings is 3. The van der Waals surface area contributed by atoms with Gasteiger partial charge in [-0.05, 0) is 28.9 Å². The Balaban J connectivity index is 1.49. The van der Waals surface area contributed by atoms with Gasteiger partial charge in [0.1, 0.15) is 35.4 Å². The molecule has 0 fully saturated rings. The van der Waals surface area contributed by atoms with Crippen LogP contribution in [0, 0.1) is 17.5 Å². The lowest BCUT2D eigenvalue weighted by atomic mass is 10.1. The van der Waals surface area contributed by atoms with E-state index < -0.39 is 69.3 Å². The summed E-state index contributed by atoms with van der Waals surface area (Å²) in [6.07, 6.45) is 1.45. The van der Waals surface area contributed by atoms with E-state index in [0.717, 1.165) is 6.20 Å². The molecule has 8 nitrogen and oxygen atoms in total. The average Bonchev–Trinajstić information content (AvgIpc) is 3.14. The molecule has 216 valence electrons. The van der Waals surface area contributed by atoms with Crippen molar-refractivity contribution in [2.75, 3.05) is 17.2 Å². The third kappa shape index (κ3) is 6.04. The van der Waals surface area contributed by atoms with Crippen LogP contribution in [0.15, 0.2) is 82.6 Å². The van der Waals surface area contributed by atoms with E-state index in [0.29, 0.717) is 40.5 Å². The van der Waals surface area contributed by atoms with Gasteiger partial charge in [0.2, 0.25) is 5.43 Å². The quantitative estimate of drug-likeness (QED) is 0.306. The van der Waals surface area contributed by atoms with Crippen LogP contribution in [0.2, 0.25) is 0 Å². The Kier molecular flexibility index (Phi) is 8.64. The SMILES string of the molecule is O=C(NCc1c(F)cc(F)cc1F)c1c[nH]c(C(=O)N2CCC[S+]([O-])c3ccccc32)c(OCc2ccccc2)c1=O.